The van der Waals surface area contributed by atoms with E-state index in [9.17, 15) is 9.59 Å². The number of nitrogens with one attached hydrogen (secondary N) is 2. The van der Waals surface area contributed by atoms with E-state index in [4.69, 9.17) is 14.2 Å². The number of H-pyrrole nitrogens is 1. The molecule has 1 aromatic heterocycles. The molecule has 0 fully saturated rings. The van der Waals surface area contributed by atoms with Gasteiger partial charge in [-0.25, -0.2) is 9.78 Å². The van der Waals surface area contributed by atoms with Crippen molar-refractivity contribution in [2.45, 2.75) is 13.5 Å². The summed E-state index contributed by atoms with van der Waals surface area (Å²) in [5.41, 5.74) is 0.444. The monoisotopic (exact) mass is 348 g/mol. The molecular formula is C16H20N4O5. The topological polar surface area (TPSA) is 115 Å². The van der Waals surface area contributed by atoms with Crippen LogP contribution in [0.2, 0.25) is 0 Å². The van der Waals surface area contributed by atoms with Crippen molar-refractivity contribution in [1.29, 1.82) is 0 Å². The van der Waals surface area contributed by atoms with Gasteiger partial charge < -0.3 is 19.5 Å². The molecule has 9 nitrogen and oxygen atoms in total. The molecule has 1 heterocycles. The van der Waals surface area contributed by atoms with Crippen LogP contribution in [0.15, 0.2) is 24.3 Å². The molecule has 0 aliphatic rings. The molecule has 0 atom stereocenters. The molecule has 2 aromatic rings. The number of nitrogens with zero attached hydrogens (tertiary/aromatic N) is 2. The number of hydrogen-bond donors (Lipinski definition) is 2. The highest BCUT2D eigenvalue weighted by molar-refractivity contribution is 5.94. The van der Waals surface area contributed by atoms with Gasteiger partial charge in [0.2, 0.25) is 0 Å². The highest BCUT2D eigenvalue weighted by Crippen LogP contribution is 2.13. The molecule has 134 valence electrons. The Morgan fingerprint density at radius 1 is 1.28 bits per heavy atom. The number of carbonyl (C=O) groups is 2. The SMILES string of the molecule is CCOC(=O)c1n[nH]c(CNC(=O)c2cccc(OCCOC)c2)n1. The van der Waals surface area contributed by atoms with E-state index in [1.807, 2.05) is 0 Å². The zero-order valence-electron chi connectivity index (χ0n) is 14.1. The summed E-state index contributed by atoms with van der Waals surface area (Å²) in [6.07, 6.45) is 0. The molecule has 0 unspecified atom stereocenters. The maximum atomic E-state index is 12.2. The van der Waals surface area contributed by atoms with Gasteiger partial charge in [-0.05, 0) is 25.1 Å². The first-order valence-corrected chi connectivity index (χ1v) is 7.72. The molecule has 25 heavy (non-hydrogen) atoms. The Labute approximate surface area is 144 Å². The van der Waals surface area contributed by atoms with Crippen molar-refractivity contribution in [3.05, 3.63) is 41.5 Å². The van der Waals surface area contributed by atoms with Crippen LogP contribution in [0.5, 0.6) is 5.75 Å². The summed E-state index contributed by atoms with van der Waals surface area (Å²) in [6.45, 7) is 2.89. The van der Waals surface area contributed by atoms with Gasteiger partial charge in [0, 0.05) is 12.7 Å². The van der Waals surface area contributed by atoms with Crippen LogP contribution in [0.25, 0.3) is 0 Å². The fourth-order valence-electron chi connectivity index (χ4n) is 1.90. The number of hydrogen-bond acceptors (Lipinski definition) is 7. The zero-order chi connectivity index (χ0) is 18.1. The van der Waals surface area contributed by atoms with E-state index in [-0.39, 0.29) is 24.9 Å². The zero-order valence-corrected chi connectivity index (χ0v) is 14.1. The van der Waals surface area contributed by atoms with Crippen LogP contribution in [0.3, 0.4) is 0 Å². The maximum absolute atomic E-state index is 12.2. The van der Waals surface area contributed by atoms with E-state index in [0.717, 1.165) is 0 Å². The molecule has 2 rings (SSSR count). The molecule has 1 aromatic carbocycles. The molecule has 0 saturated heterocycles. The molecule has 0 aliphatic carbocycles. The molecule has 9 heteroatoms. The average molecular weight is 348 g/mol. The predicted octanol–water partition coefficient (Wildman–Crippen LogP) is 0.937. The molecule has 2 N–H and O–H groups in total. The van der Waals surface area contributed by atoms with Crippen molar-refractivity contribution < 1.29 is 23.8 Å². The minimum atomic E-state index is -0.614. The van der Waals surface area contributed by atoms with Crippen molar-refractivity contribution in [1.82, 2.24) is 20.5 Å². The lowest BCUT2D eigenvalue weighted by molar-refractivity contribution is 0.0512. The van der Waals surface area contributed by atoms with Crippen LogP contribution >= 0.6 is 0 Å². The molecule has 0 saturated carbocycles. The number of esters is 1. The second-order valence-electron chi connectivity index (χ2n) is 4.88. The third-order valence-corrected chi connectivity index (χ3v) is 3.06. The van der Waals surface area contributed by atoms with Crippen molar-refractivity contribution >= 4 is 11.9 Å². The lowest BCUT2D eigenvalue weighted by Crippen LogP contribution is -2.23. The van der Waals surface area contributed by atoms with E-state index >= 15 is 0 Å². The average Bonchev–Trinajstić information content (AvgIpc) is 3.09. The van der Waals surface area contributed by atoms with Crippen molar-refractivity contribution in [2.75, 3.05) is 26.9 Å². The Hall–Kier alpha value is -2.94. The molecule has 0 radical (unpaired) electrons. The van der Waals surface area contributed by atoms with E-state index in [1.165, 1.54) is 0 Å². The summed E-state index contributed by atoms with van der Waals surface area (Å²) >= 11 is 0. The number of benzene rings is 1. The van der Waals surface area contributed by atoms with E-state index < -0.39 is 5.97 Å². The lowest BCUT2D eigenvalue weighted by Gasteiger charge is -2.07. The summed E-state index contributed by atoms with van der Waals surface area (Å²) in [5, 5.41) is 9.02. The standard InChI is InChI=1S/C16H20N4O5/c1-3-24-16(22)14-18-13(19-20-14)10-17-15(21)11-5-4-6-12(9-11)25-8-7-23-2/h4-6,9H,3,7-8,10H2,1-2H3,(H,17,21)(H,18,19,20). The number of rotatable bonds is 9. The number of aromatic amines is 1. The Kier molecular flexibility index (Phi) is 6.90. The third kappa shape index (κ3) is 5.57. The first kappa shape index (κ1) is 18.4. The van der Waals surface area contributed by atoms with Crippen molar-refractivity contribution in [3.8, 4) is 5.75 Å². The Morgan fingerprint density at radius 3 is 2.88 bits per heavy atom. The number of amides is 1. The van der Waals surface area contributed by atoms with Crippen LogP contribution in [-0.2, 0) is 16.0 Å². The van der Waals surface area contributed by atoms with Gasteiger partial charge in [0.25, 0.3) is 11.7 Å². The van der Waals surface area contributed by atoms with Crippen molar-refractivity contribution in [2.24, 2.45) is 0 Å². The van der Waals surface area contributed by atoms with Gasteiger partial charge in [-0.2, -0.15) is 0 Å². The molecular weight excluding hydrogens is 328 g/mol. The van der Waals surface area contributed by atoms with Gasteiger partial charge in [-0.15, -0.1) is 5.10 Å². The predicted molar refractivity (Wildman–Crippen MR) is 87.3 cm³/mol. The smallest absolute Gasteiger partial charge is 0.378 e. The number of carbonyl (C=O) groups excluding carboxylic acids is 2. The van der Waals surface area contributed by atoms with E-state index in [2.05, 4.69) is 20.5 Å². The minimum Gasteiger partial charge on any atom is -0.491 e. The summed E-state index contributed by atoms with van der Waals surface area (Å²) in [4.78, 5) is 27.7. The van der Waals surface area contributed by atoms with Crippen LogP contribution in [0, 0.1) is 0 Å². The molecule has 0 aliphatic heterocycles. The van der Waals surface area contributed by atoms with E-state index in [0.29, 0.717) is 30.4 Å². The first-order chi connectivity index (χ1) is 12.1. The lowest BCUT2D eigenvalue weighted by atomic mass is 10.2. The fourth-order valence-corrected chi connectivity index (χ4v) is 1.90. The summed E-state index contributed by atoms with van der Waals surface area (Å²) in [5.74, 6) is -0.0546. The molecule has 0 bridgehead atoms. The quantitative estimate of drug-likeness (QED) is 0.512. The van der Waals surface area contributed by atoms with Gasteiger partial charge in [0.15, 0.2) is 0 Å². The third-order valence-electron chi connectivity index (χ3n) is 3.06. The number of methoxy groups -OCH3 is 1. The van der Waals surface area contributed by atoms with Gasteiger partial charge in [0.05, 0.1) is 19.8 Å². The summed E-state index contributed by atoms with van der Waals surface area (Å²) < 4.78 is 15.2. The fraction of sp³-hybridized carbons (Fsp3) is 0.375. The van der Waals surface area contributed by atoms with Crippen LogP contribution in [0.1, 0.15) is 33.7 Å². The minimum absolute atomic E-state index is 0.0698. The summed E-state index contributed by atoms with van der Waals surface area (Å²) in [7, 11) is 1.59. The summed E-state index contributed by atoms with van der Waals surface area (Å²) in [6, 6.07) is 6.79. The highest BCUT2D eigenvalue weighted by atomic mass is 16.5. The van der Waals surface area contributed by atoms with Gasteiger partial charge in [-0.3, -0.25) is 9.89 Å². The molecule has 0 spiro atoms. The number of aromatic nitrogens is 3. The maximum Gasteiger partial charge on any atom is 0.378 e. The van der Waals surface area contributed by atoms with Gasteiger partial charge in [-0.1, -0.05) is 6.07 Å². The second kappa shape index (κ2) is 9.38. The van der Waals surface area contributed by atoms with Gasteiger partial charge in [0.1, 0.15) is 18.2 Å². The van der Waals surface area contributed by atoms with Crippen LogP contribution < -0.4 is 10.1 Å². The first-order valence-electron chi connectivity index (χ1n) is 7.72. The number of ether oxygens (including phenoxy) is 3. The van der Waals surface area contributed by atoms with Gasteiger partial charge >= 0.3 is 5.97 Å². The molecule has 1 amide bonds. The van der Waals surface area contributed by atoms with E-state index in [1.54, 1.807) is 38.3 Å². The highest BCUT2D eigenvalue weighted by Gasteiger charge is 2.14. The largest absolute Gasteiger partial charge is 0.491 e. The Balaban J connectivity index is 1.89. The Morgan fingerprint density at radius 2 is 2.12 bits per heavy atom. The van der Waals surface area contributed by atoms with Crippen LogP contribution in [-0.4, -0.2) is 54.0 Å². The van der Waals surface area contributed by atoms with Crippen molar-refractivity contribution in [3.63, 3.8) is 0 Å². The van der Waals surface area contributed by atoms with Crippen LogP contribution in [0.4, 0.5) is 0 Å². The normalized spacial score (nSPS) is 10.3. The second-order valence-corrected chi connectivity index (χ2v) is 4.88. The Bertz CT molecular complexity index is 716.